The van der Waals surface area contributed by atoms with Crippen molar-refractivity contribution in [2.24, 2.45) is 11.8 Å². The van der Waals surface area contributed by atoms with Crippen LogP contribution in [-0.2, 0) is 24.3 Å². The van der Waals surface area contributed by atoms with Gasteiger partial charge in [-0.15, -0.1) is 0 Å². The van der Waals surface area contributed by atoms with Gasteiger partial charge in [-0.2, -0.15) is 4.31 Å². The Labute approximate surface area is 276 Å². The van der Waals surface area contributed by atoms with Gasteiger partial charge < -0.3 is 15.0 Å². The van der Waals surface area contributed by atoms with Gasteiger partial charge in [-0.3, -0.25) is 24.6 Å². The summed E-state index contributed by atoms with van der Waals surface area (Å²) < 4.78 is 34.9. The molecular formula is C32H44ClN5O7S. The number of hydrogen-bond acceptors (Lipinski definition) is 8. The largest absolute Gasteiger partial charge is 0.380 e. The fourth-order valence-electron chi connectivity index (χ4n) is 6.45. The molecule has 3 atom stereocenters. The Morgan fingerprint density at radius 2 is 1.83 bits per heavy atom. The Morgan fingerprint density at radius 1 is 1.15 bits per heavy atom. The van der Waals surface area contributed by atoms with Crippen molar-refractivity contribution in [3.8, 4) is 0 Å². The lowest BCUT2D eigenvalue weighted by Gasteiger charge is -2.52. The first-order valence-electron chi connectivity index (χ1n) is 15.6. The number of para-hydroxylation sites is 2. The molecule has 0 spiro atoms. The molecule has 0 bridgehead atoms. The van der Waals surface area contributed by atoms with Gasteiger partial charge in [0.1, 0.15) is 0 Å². The van der Waals surface area contributed by atoms with Crippen LogP contribution in [0.15, 0.2) is 53.4 Å². The molecule has 0 radical (unpaired) electrons. The molecule has 2 saturated heterocycles. The molecule has 12 nitrogen and oxygen atoms in total. The van der Waals surface area contributed by atoms with Gasteiger partial charge >= 0.3 is 0 Å². The van der Waals surface area contributed by atoms with Gasteiger partial charge in [0, 0.05) is 43.9 Å². The Bertz CT molecular complexity index is 1540. The number of amides is 2. The summed E-state index contributed by atoms with van der Waals surface area (Å²) in [6, 6.07) is 11.5. The number of halogens is 1. The molecule has 0 unspecified atom stereocenters. The van der Waals surface area contributed by atoms with Crippen molar-refractivity contribution in [3.63, 3.8) is 0 Å². The summed E-state index contributed by atoms with van der Waals surface area (Å²) in [6.45, 7) is 10.8. The van der Waals surface area contributed by atoms with Crippen LogP contribution in [0.4, 0.5) is 11.4 Å². The summed E-state index contributed by atoms with van der Waals surface area (Å²) in [5.41, 5.74) is -0.587. The van der Waals surface area contributed by atoms with Gasteiger partial charge in [-0.25, -0.2) is 8.42 Å². The van der Waals surface area contributed by atoms with Gasteiger partial charge in [0.05, 0.1) is 40.7 Å². The predicted octanol–water partition coefficient (Wildman–Crippen LogP) is 4.32. The number of carbonyl (C=O) groups excluding carboxylic acids is 2. The van der Waals surface area contributed by atoms with E-state index in [2.05, 4.69) is 5.32 Å². The maximum atomic E-state index is 14.1. The van der Waals surface area contributed by atoms with E-state index < -0.39 is 43.0 Å². The van der Waals surface area contributed by atoms with Crippen LogP contribution in [0.2, 0.25) is 5.02 Å². The predicted molar refractivity (Wildman–Crippen MR) is 176 cm³/mol. The molecular weight excluding hydrogens is 634 g/mol. The maximum absolute atomic E-state index is 14.1. The summed E-state index contributed by atoms with van der Waals surface area (Å²) in [6.07, 6.45) is 0.965. The van der Waals surface area contributed by atoms with Crippen LogP contribution in [0.1, 0.15) is 47.5 Å². The van der Waals surface area contributed by atoms with Gasteiger partial charge in [0.25, 0.3) is 5.69 Å². The lowest BCUT2D eigenvalue weighted by Crippen LogP contribution is -2.68. The van der Waals surface area contributed by atoms with Crippen LogP contribution in [0, 0.1) is 22.0 Å². The second-order valence-electron chi connectivity index (χ2n) is 13.0. The Morgan fingerprint density at radius 3 is 2.48 bits per heavy atom. The number of rotatable bonds is 12. The zero-order valence-electron chi connectivity index (χ0n) is 27.0. The number of carbonyl (C=O) groups is 2. The Balaban J connectivity index is 1.68. The highest BCUT2D eigenvalue weighted by Crippen LogP contribution is 2.36. The third-order valence-corrected chi connectivity index (χ3v) is 10.8. The second-order valence-corrected chi connectivity index (χ2v) is 15.3. The fourth-order valence-corrected chi connectivity index (χ4v) is 8.37. The topological polar surface area (TPSA) is 142 Å². The smallest absolute Gasteiger partial charge is 0.289 e. The lowest BCUT2D eigenvalue weighted by molar-refractivity contribution is -0.387. The maximum Gasteiger partial charge on any atom is 0.289 e. The molecule has 2 aliphatic heterocycles. The number of nitro groups is 1. The van der Waals surface area contributed by atoms with E-state index in [9.17, 15) is 28.1 Å². The van der Waals surface area contributed by atoms with E-state index in [0.29, 0.717) is 36.8 Å². The first kappa shape index (κ1) is 35.7. The fraction of sp³-hybridized carbons (Fsp3) is 0.562. The molecule has 1 N–H and O–H groups in total. The number of sulfonamides is 1. The van der Waals surface area contributed by atoms with Crippen molar-refractivity contribution in [2.75, 3.05) is 44.3 Å². The summed E-state index contributed by atoms with van der Waals surface area (Å²) in [4.78, 5) is 41.7. The van der Waals surface area contributed by atoms with Gasteiger partial charge in [-0.05, 0) is 57.7 Å². The van der Waals surface area contributed by atoms with Crippen LogP contribution in [-0.4, -0.2) is 91.4 Å². The minimum atomic E-state index is -4.40. The van der Waals surface area contributed by atoms with Crippen LogP contribution in [0.25, 0.3) is 0 Å². The van der Waals surface area contributed by atoms with Crippen molar-refractivity contribution in [2.45, 2.75) is 70.0 Å². The zero-order chi connectivity index (χ0) is 33.8. The standard InChI is InChI=1S/C32H44ClN5O7S/c1-6-45-20-24(15-22(2)3)34-31(40)23-16-25(18-35(17-23)46(43,44)29-14-10-9-13-28(29)38(41)42)37-19-30(39)36(21-32(37,4)5)27-12-8-7-11-26(27)33/h7-14,22-25H,6,15-21H2,1-5H3,(H,34,40)/t23-,24+,25+/m0/s1. The number of nitro benzene ring substituents is 1. The number of nitrogens with one attached hydrogen (secondary N) is 1. The lowest BCUT2D eigenvalue weighted by atomic mass is 9.88. The molecule has 2 heterocycles. The highest BCUT2D eigenvalue weighted by Gasteiger charge is 2.48. The van der Waals surface area contributed by atoms with Crippen molar-refractivity contribution in [3.05, 3.63) is 63.7 Å². The van der Waals surface area contributed by atoms with E-state index in [1.54, 1.807) is 23.1 Å². The van der Waals surface area contributed by atoms with Gasteiger partial charge in [0.2, 0.25) is 21.8 Å². The first-order chi connectivity index (χ1) is 21.6. The average molecular weight is 678 g/mol. The average Bonchev–Trinajstić information content (AvgIpc) is 3.00. The third-order valence-electron chi connectivity index (χ3n) is 8.58. The van der Waals surface area contributed by atoms with Crippen LogP contribution >= 0.6 is 11.6 Å². The van der Waals surface area contributed by atoms with E-state index in [0.717, 1.165) is 10.4 Å². The Kier molecular flexibility index (Phi) is 11.5. The Hall–Kier alpha value is -3.10. The molecule has 0 saturated carbocycles. The van der Waals surface area contributed by atoms with Crippen molar-refractivity contribution < 1.29 is 27.7 Å². The molecule has 252 valence electrons. The summed E-state index contributed by atoms with van der Waals surface area (Å²) in [5, 5.41) is 15.3. The zero-order valence-corrected chi connectivity index (χ0v) is 28.6. The monoisotopic (exact) mass is 677 g/mol. The number of nitrogens with zero attached hydrogens (tertiary/aromatic N) is 4. The molecule has 2 amide bonds. The number of piperazine rings is 1. The van der Waals surface area contributed by atoms with Crippen molar-refractivity contribution >= 4 is 44.8 Å². The summed E-state index contributed by atoms with van der Waals surface area (Å²) >= 11 is 6.44. The first-order valence-corrected chi connectivity index (χ1v) is 17.4. The van der Waals surface area contributed by atoms with E-state index in [1.165, 1.54) is 18.2 Å². The minimum absolute atomic E-state index is 0.0308. The quantitative estimate of drug-likeness (QED) is 0.259. The molecule has 0 aliphatic carbocycles. The highest BCUT2D eigenvalue weighted by molar-refractivity contribution is 7.89. The van der Waals surface area contributed by atoms with Crippen molar-refractivity contribution in [1.29, 1.82) is 0 Å². The van der Waals surface area contributed by atoms with E-state index in [-0.39, 0.29) is 50.0 Å². The van der Waals surface area contributed by atoms with Crippen molar-refractivity contribution in [1.82, 2.24) is 14.5 Å². The van der Waals surface area contributed by atoms with Gasteiger partial charge in [0.15, 0.2) is 4.90 Å². The van der Waals surface area contributed by atoms with Crippen LogP contribution in [0.3, 0.4) is 0 Å². The van der Waals surface area contributed by atoms with Crippen LogP contribution in [0.5, 0.6) is 0 Å². The third kappa shape index (κ3) is 8.06. The number of piperidine rings is 1. The van der Waals surface area contributed by atoms with E-state index in [1.807, 2.05) is 45.6 Å². The number of anilines is 1. The molecule has 2 aromatic rings. The number of benzene rings is 2. The summed E-state index contributed by atoms with van der Waals surface area (Å²) in [7, 11) is -4.40. The molecule has 2 fully saturated rings. The van der Waals surface area contributed by atoms with E-state index in [4.69, 9.17) is 16.3 Å². The molecule has 4 rings (SSSR count). The molecule has 2 aromatic carbocycles. The normalized spacial score (nSPS) is 21.7. The number of hydrogen-bond donors (Lipinski definition) is 1. The summed E-state index contributed by atoms with van der Waals surface area (Å²) in [5.74, 6) is -1.03. The van der Waals surface area contributed by atoms with Crippen LogP contribution < -0.4 is 10.2 Å². The minimum Gasteiger partial charge on any atom is -0.380 e. The van der Waals surface area contributed by atoms with E-state index >= 15 is 0 Å². The molecule has 14 heteroatoms. The second kappa shape index (κ2) is 14.8. The molecule has 46 heavy (non-hydrogen) atoms. The molecule has 2 aliphatic rings. The number of ether oxygens (including phenoxy) is 1. The highest BCUT2D eigenvalue weighted by atomic mass is 35.5. The molecule has 0 aromatic heterocycles. The van der Waals surface area contributed by atoms with Gasteiger partial charge in [-0.1, -0.05) is 49.7 Å². The SMILES string of the molecule is CCOC[C@@H](CC(C)C)NC(=O)[C@H]1C[C@@H](N2CC(=O)N(c3ccccc3Cl)CC2(C)C)CN(S(=O)(=O)c2ccccc2[N+](=O)[O-])C1.